The number of rotatable bonds is 1. The molecule has 1 aliphatic heterocycles. The number of nitrogens with zero attached hydrogens (tertiary/aromatic N) is 2. The molecule has 1 aromatic rings. The van der Waals surface area contributed by atoms with Crippen molar-refractivity contribution in [3.63, 3.8) is 0 Å². The second kappa shape index (κ2) is 3.84. The normalized spacial score (nSPS) is 20.3. The van der Waals surface area contributed by atoms with Crippen LogP contribution in [0.15, 0.2) is 18.3 Å². The van der Waals surface area contributed by atoms with Gasteiger partial charge in [0.1, 0.15) is 5.82 Å². The molecule has 2 nitrogen and oxygen atoms in total. The van der Waals surface area contributed by atoms with Crippen molar-refractivity contribution in [2.45, 2.75) is 33.6 Å². The first-order valence-electron chi connectivity index (χ1n) is 5.74. The van der Waals surface area contributed by atoms with Crippen LogP contribution in [0.25, 0.3) is 0 Å². The molecule has 0 unspecified atom stereocenters. The molecule has 0 radical (unpaired) electrons. The van der Waals surface area contributed by atoms with E-state index in [0.717, 1.165) is 18.9 Å². The van der Waals surface area contributed by atoms with Crippen molar-refractivity contribution in [1.82, 2.24) is 4.98 Å². The Kier molecular flexibility index (Phi) is 2.68. The van der Waals surface area contributed by atoms with Gasteiger partial charge in [-0.3, -0.25) is 0 Å². The Morgan fingerprint density at radius 1 is 1.27 bits per heavy atom. The fourth-order valence-corrected chi connectivity index (χ4v) is 2.03. The van der Waals surface area contributed by atoms with Gasteiger partial charge in [0.2, 0.25) is 0 Å². The summed E-state index contributed by atoms with van der Waals surface area (Å²) in [5, 5.41) is 0. The van der Waals surface area contributed by atoms with Gasteiger partial charge in [-0.05, 0) is 42.9 Å². The summed E-state index contributed by atoms with van der Waals surface area (Å²) >= 11 is 0. The lowest BCUT2D eigenvalue weighted by Crippen LogP contribution is -2.37. The number of piperidine rings is 1. The summed E-state index contributed by atoms with van der Waals surface area (Å²) < 4.78 is 0. The molecule has 0 aromatic carbocycles. The molecular formula is C13H20N2. The van der Waals surface area contributed by atoms with Crippen molar-refractivity contribution in [2.75, 3.05) is 18.0 Å². The fourth-order valence-electron chi connectivity index (χ4n) is 2.03. The minimum Gasteiger partial charge on any atom is -0.357 e. The van der Waals surface area contributed by atoms with Gasteiger partial charge in [-0.15, -0.1) is 0 Å². The van der Waals surface area contributed by atoms with Gasteiger partial charge < -0.3 is 4.90 Å². The first-order valence-corrected chi connectivity index (χ1v) is 5.74. The third-order valence-corrected chi connectivity index (χ3v) is 3.34. The van der Waals surface area contributed by atoms with Gasteiger partial charge in [-0.1, -0.05) is 13.8 Å². The molecule has 0 amide bonds. The molecule has 2 rings (SSSR count). The van der Waals surface area contributed by atoms with E-state index >= 15 is 0 Å². The predicted octanol–water partition coefficient (Wildman–Crippen LogP) is 3.02. The molecular weight excluding hydrogens is 184 g/mol. The molecule has 1 fully saturated rings. The fraction of sp³-hybridized carbons (Fsp3) is 0.615. The Morgan fingerprint density at radius 2 is 1.93 bits per heavy atom. The summed E-state index contributed by atoms with van der Waals surface area (Å²) in [5.74, 6) is 1.14. The maximum atomic E-state index is 4.44. The van der Waals surface area contributed by atoms with Crippen LogP contribution >= 0.6 is 0 Å². The standard InChI is InChI=1S/C13H20N2/c1-11-4-7-14-12(10-11)15-8-5-13(2,3)6-9-15/h4,7,10H,5-6,8-9H2,1-3H3. The first-order chi connectivity index (χ1) is 7.07. The highest BCUT2D eigenvalue weighted by atomic mass is 15.2. The SMILES string of the molecule is Cc1ccnc(N2CCC(C)(C)CC2)c1. The minimum atomic E-state index is 0.514. The van der Waals surface area contributed by atoms with E-state index in [0.29, 0.717) is 5.41 Å². The van der Waals surface area contributed by atoms with Crippen molar-refractivity contribution in [3.8, 4) is 0 Å². The van der Waals surface area contributed by atoms with Crippen LogP contribution in [-0.4, -0.2) is 18.1 Å². The Balaban J connectivity index is 2.08. The summed E-state index contributed by atoms with van der Waals surface area (Å²) in [6.07, 6.45) is 4.44. The van der Waals surface area contributed by atoms with E-state index in [1.54, 1.807) is 0 Å². The molecule has 0 aliphatic carbocycles. The lowest BCUT2D eigenvalue weighted by Gasteiger charge is -2.37. The maximum Gasteiger partial charge on any atom is 0.128 e. The molecule has 15 heavy (non-hydrogen) atoms. The van der Waals surface area contributed by atoms with Crippen molar-refractivity contribution < 1.29 is 0 Å². The number of hydrogen-bond acceptors (Lipinski definition) is 2. The highest BCUT2D eigenvalue weighted by Gasteiger charge is 2.25. The van der Waals surface area contributed by atoms with E-state index in [9.17, 15) is 0 Å². The van der Waals surface area contributed by atoms with E-state index in [2.05, 4.69) is 42.8 Å². The quantitative estimate of drug-likeness (QED) is 0.699. The molecule has 0 spiro atoms. The van der Waals surface area contributed by atoms with Crippen LogP contribution in [0.5, 0.6) is 0 Å². The van der Waals surface area contributed by atoms with Crippen LogP contribution in [0.2, 0.25) is 0 Å². The van der Waals surface area contributed by atoms with Crippen LogP contribution < -0.4 is 4.90 Å². The molecule has 2 heteroatoms. The van der Waals surface area contributed by atoms with Crippen molar-refractivity contribution in [3.05, 3.63) is 23.9 Å². The van der Waals surface area contributed by atoms with E-state index in [4.69, 9.17) is 0 Å². The molecule has 0 N–H and O–H groups in total. The average Bonchev–Trinajstić information content (AvgIpc) is 2.17. The Bertz CT molecular complexity index is 334. The summed E-state index contributed by atoms with van der Waals surface area (Å²) in [4.78, 5) is 6.84. The molecule has 0 saturated carbocycles. The van der Waals surface area contributed by atoms with E-state index < -0.39 is 0 Å². The van der Waals surface area contributed by atoms with Gasteiger partial charge in [-0.2, -0.15) is 0 Å². The lowest BCUT2D eigenvalue weighted by atomic mass is 9.83. The molecule has 1 aliphatic rings. The molecule has 0 bridgehead atoms. The largest absolute Gasteiger partial charge is 0.357 e. The number of hydrogen-bond donors (Lipinski definition) is 0. The summed E-state index contributed by atoms with van der Waals surface area (Å²) in [6, 6.07) is 4.23. The number of anilines is 1. The first kappa shape index (κ1) is 10.5. The zero-order valence-electron chi connectivity index (χ0n) is 9.95. The monoisotopic (exact) mass is 204 g/mol. The third kappa shape index (κ3) is 2.49. The molecule has 0 atom stereocenters. The van der Waals surface area contributed by atoms with Crippen LogP contribution in [-0.2, 0) is 0 Å². The van der Waals surface area contributed by atoms with Crippen LogP contribution in [0.4, 0.5) is 5.82 Å². The second-order valence-corrected chi connectivity index (χ2v) is 5.34. The molecule has 1 saturated heterocycles. The molecule has 82 valence electrons. The lowest BCUT2D eigenvalue weighted by molar-refractivity contribution is 0.279. The number of pyridine rings is 1. The number of aromatic nitrogens is 1. The van der Waals surface area contributed by atoms with Crippen molar-refractivity contribution in [1.29, 1.82) is 0 Å². The summed E-state index contributed by atoms with van der Waals surface area (Å²) in [7, 11) is 0. The third-order valence-electron chi connectivity index (χ3n) is 3.34. The molecule has 2 heterocycles. The Morgan fingerprint density at radius 3 is 2.53 bits per heavy atom. The van der Waals surface area contributed by atoms with Gasteiger partial charge >= 0.3 is 0 Å². The summed E-state index contributed by atoms with van der Waals surface area (Å²) in [5.41, 5.74) is 1.81. The Hall–Kier alpha value is -1.05. The second-order valence-electron chi connectivity index (χ2n) is 5.34. The minimum absolute atomic E-state index is 0.514. The maximum absolute atomic E-state index is 4.44. The van der Waals surface area contributed by atoms with E-state index in [1.807, 2.05) is 6.20 Å². The smallest absolute Gasteiger partial charge is 0.128 e. The van der Waals surface area contributed by atoms with E-state index in [1.165, 1.54) is 18.4 Å². The zero-order chi connectivity index (χ0) is 10.9. The van der Waals surface area contributed by atoms with Crippen molar-refractivity contribution in [2.24, 2.45) is 5.41 Å². The van der Waals surface area contributed by atoms with Gasteiger partial charge in [0, 0.05) is 19.3 Å². The van der Waals surface area contributed by atoms with Gasteiger partial charge in [0.25, 0.3) is 0 Å². The van der Waals surface area contributed by atoms with Crippen molar-refractivity contribution >= 4 is 5.82 Å². The predicted molar refractivity (Wildman–Crippen MR) is 64.2 cm³/mol. The van der Waals surface area contributed by atoms with Crippen LogP contribution in [0.3, 0.4) is 0 Å². The van der Waals surface area contributed by atoms with Gasteiger partial charge in [0.15, 0.2) is 0 Å². The molecule has 1 aromatic heterocycles. The topological polar surface area (TPSA) is 16.1 Å². The highest BCUT2D eigenvalue weighted by molar-refractivity contribution is 5.41. The van der Waals surface area contributed by atoms with Gasteiger partial charge in [-0.25, -0.2) is 4.98 Å². The van der Waals surface area contributed by atoms with Crippen LogP contribution in [0, 0.1) is 12.3 Å². The van der Waals surface area contributed by atoms with Crippen LogP contribution in [0.1, 0.15) is 32.3 Å². The summed E-state index contributed by atoms with van der Waals surface area (Å²) in [6.45, 7) is 9.12. The van der Waals surface area contributed by atoms with E-state index in [-0.39, 0.29) is 0 Å². The highest BCUT2D eigenvalue weighted by Crippen LogP contribution is 2.31. The number of aryl methyl sites for hydroxylation is 1. The average molecular weight is 204 g/mol. The zero-order valence-corrected chi connectivity index (χ0v) is 9.95. The Labute approximate surface area is 92.3 Å². The van der Waals surface area contributed by atoms with Gasteiger partial charge in [0.05, 0.1) is 0 Å².